The maximum absolute atomic E-state index is 12.7. The van der Waals surface area contributed by atoms with Crippen LogP contribution in [0.2, 0.25) is 0 Å². The van der Waals surface area contributed by atoms with Crippen molar-refractivity contribution in [3.8, 4) is 0 Å². The molecular formula is C20H17N3OS. The van der Waals surface area contributed by atoms with Crippen molar-refractivity contribution in [2.45, 2.75) is 20.8 Å². The van der Waals surface area contributed by atoms with E-state index in [0.717, 1.165) is 32.2 Å². The maximum Gasteiger partial charge on any atom is 0.259 e. The fourth-order valence-electron chi connectivity index (χ4n) is 2.93. The fraction of sp³-hybridized carbons (Fsp3) is 0.150. The average Bonchev–Trinajstić information content (AvgIpc) is 2.98. The SMILES string of the molecule is Cc1ccc2nc(C)c(C(=O)Nc3nc4c(C)cccc4s3)cc2c1. The standard InChI is InChI=1S/C20H17N3OS/c1-11-7-8-16-14(9-11)10-15(13(3)21-16)19(24)23-20-22-18-12(2)5-4-6-17(18)25-20/h4-10H,1-3H3,(H,22,23,24). The second-order valence-corrected chi connectivity index (χ2v) is 7.24. The number of anilines is 1. The number of pyridine rings is 1. The van der Waals surface area contributed by atoms with Gasteiger partial charge in [0.1, 0.15) is 0 Å². The summed E-state index contributed by atoms with van der Waals surface area (Å²) in [5, 5.41) is 4.50. The highest BCUT2D eigenvalue weighted by atomic mass is 32.1. The van der Waals surface area contributed by atoms with E-state index in [9.17, 15) is 4.79 Å². The molecule has 0 saturated carbocycles. The first-order valence-corrected chi connectivity index (χ1v) is 8.88. The molecule has 4 rings (SSSR count). The Morgan fingerprint density at radius 2 is 1.88 bits per heavy atom. The predicted molar refractivity (Wildman–Crippen MR) is 104 cm³/mol. The van der Waals surface area contributed by atoms with E-state index >= 15 is 0 Å². The molecule has 0 unspecified atom stereocenters. The number of aryl methyl sites for hydroxylation is 3. The molecule has 0 aliphatic rings. The zero-order valence-electron chi connectivity index (χ0n) is 14.3. The second kappa shape index (κ2) is 5.93. The van der Waals surface area contributed by atoms with Crippen LogP contribution in [0.25, 0.3) is 21.1 Å². The molecule has 2 heterocycles. The van der Waals surface area contributed by atoms with E-state index in [1.54, 1.807) is 0 Å². The number of nitrogens with one attached hydrogen (secondary N) is 1. The molecule has 1 amide bonds. The summed E-state index contributed by atoms with van der Waals surface area (Å²) < 4.78 is 1.07. The monoisotopic (exact) mass is 347 g/mol. The van der Waals surface area contributed by atoms with E-state index in [-0.39, 0.29) is 5.91 Å². The first-order valence-electron chi connectivity index (χ1n) is 8.07. The Balaban J connectivity index is 1.71. The lowest BCUT2D eigenvalue weighted by atomic mass is 10.1. The van der Waals surface area contributed by atoms with Gasteiger partial charge in [-0.15, -0.1) is 0 Å². The van der Waals surface area contributed by atoms with Gasteiger partial charge in [0.25, 0.3) is 5.91 Å². The molecule has 2 aromatic carbocycles. The lowest BCUT2D eigenvalue weighted by Gasteiger charge is -2.07. The van der Waals surface area contributed by atoms with Crippen molar-refractivity contribution in [3.05, 3.63) is 64.8 Å². The Labute approximate surface area is 149 Å². The number of rotatable bonds is 2. The minimum absolute atomic E-state index is 0.176. The minimum atomic E-state index is -0.176. The fourth-order valence-corrected chi connectivity index (χ4v) is 3.87. The molecule has 4 aromatic rings. The topological polar surface area (TPSA) is 54.9 Å². The number of fused-ring (bicyclic) bond motifs is 2. The lowest BCUT2D eigenvalue weighted by molar-refractivity contribution is 0.102. The molecular weight excluding hydrogens is 330 g/mol. The van der Waals surface area contributed by atoms with Gasteiger partial charge < -0.3 is 0 Å². The van der Waals surface area contributed by atoms with Gasteiger partial charge in [-0.25, -0.2) is 4.98 Å². The van der Waals surface area contributed by atoms with Gasteiger partial charge in [0.2, 0.25) is 0 Å². The highest BCUT2D eigenvalue weighted by Gasteiger charge is 2.14. The van der Waals surface area contributed by atoms with E-state index in [1.165, 1.54) is 11.3 Å². The Hall–Kier alpha value is -2.79. The molecule has 0 aliphatic carbocycles. The number of hydrogen-bond donors (Lipinski definition) is 1. The van der Waals surface area contributed by atoms with Crippen LogP contribution >= 0.6 is 11.3 Å². The first kappa shape index (κ1) is 15.7. The van der Waals surface area contributed by atoms with E-state index in [0.29, 0.717) is 16.4 Å². The van der Waals surface area contributed by atoms with Gasteiger partial charge in [0.05, 0.1) is 27.0 Å². The van der Waals surface area contributed by atoms with Crippen molar-refractivity contribution >= 4 is 43.5 Å². The number of aromatic nitrogens is 2. The molecule has 25 heavy (non-hydrogen) atoms. The number of nitrogens with zero attached hydrogens (tertiary/aromatic N) is 2. The summed E-state index contributed by atoms with van der Waals surface area (Å²) in [6.07, 6.45) is 0. The summed E-state index contributed by atoms with van der Waals surface area (Å²) in [4.78, 5) is 21.8. The third-order valence-electron chi connectivity index (χ3n) is 4.25. The number of amides is 1. The Kier molecular flexibility index (Phi) is 3.73. The smallest absolute Gasteiger partial charge is 0.259 e. The minimum Gasteiger partial charge on any atom is -0.298 e. The number of benzene rings is 2. The molecule has 0 fully saturated rings. The summed E-state index contributed by atoms with van der Waals surface area (Å²) in [7, 11) is 0. The second-order valence-electron chi connectivity index (χ2n) is 6.21. The number of carbonyl (C=O) groups excluding carboxylic acids is 1. The van der Waals surface area contributed by atoms with Crippen molar-refractivity contribution in [2.75, 3.05) is 5.32 Å². The molecule has 0 radical (unpaired) electrons. The van der Waals surface area contributed by atoms with E-state index in [2.05, 4.69) is 15.3 Å². The third-order valence-corrected chi connectivity index (χ3v) is 5.18. The van der Waals surface area contributed by atoms with Gasteiger partial charge in [-0.3, -0.25) is 15.1 Å². The van der Waals surface area contributed by atoms with E-state index < -0.39 is 0 Å². The van der Waals surface area contributed by atoms with Crippen LogP contribution in [0.5, 0.6) is 0 Å². The highest BCUT2D eigenvalue weighted by Crippen LogP contribution is 2.28. The normalized spacial score (nSPS) is 11.2. The van der Waals surface area contributed by atoms with Crippen LogP contribution in [-0.4, -0.2) is 15.9 Å². The average molecular weight is 347 g/mol. The zero-order chi connectivity index (χ0) is 17.6. The molecule has 1 N–H and O–H groups in total. The molecule has 0 atom stereocenters. The number of hydrogen-bond acceptors (Lipinski definition) is 4. The van der Waals surface area contributed by atoms with Gasteiger partial charge in [-0.05, 0) is 50.6 Å². The molecule has 0 saturated heterocycles. The molecule has 0 bridgehead atoms. The number of carbonyl (C=O) groups is 1. The predicted octanol–water partition coefficient (Wildman–Crippen LogP) is 5.02. The van der Waals surface area contributed by atoms with Gasteiger partial charge in [0.15, 0.2) is 5.13 Å². The van der Waals surface area contributed by atoms with Crippen molar-refractivity contribution < 1.29 is 4.79 Å². The number of thiazole rings is 1. The van der Waals surface area contributed by atoms with Crippen molar-refractivity contribution in [3.63, 3.8) is 0 Å². The quantitative estimate of drug-likeness (QED) is 0.554. The molecule has 2 aromatic heterocycles. The Bertz CT molecular complexity index is 1130. The summed E-state index contributed by atoms with van der Waals surface area (Å²) in [6.45, 7) is 5.91. The largest absolute Gasteiger partial charge is 0.298 e. The highest BCUT2D eigenvalue weighted by molar-refractivity contribution is 7.22. The summed E-state index contributed by atoms with van der Waals surface area (Å²) in [6, 6.07) is 14.0. The maximum atomic E-state index is 12.7. The van der Waals surface area contributed by atoms with Crippen molar-refractivity contribution in [2.24, 2.45) is 0 Å². The third kappa shape index (κ3) is 2.87. The van der Waals surface area contributed by atoms with Crippen LogP contribution in [-0.2, 0) is 0 Å². The van der Waals surface area contributed by atoms with Gasteiger partial charge >= 0.3 is 0 Å². The van der Waals surface area contributed by atoms with Crippen LogP contribution in [0.3, 0.4) is 0 Å². The number of para-hydroxylation sites is 1. The molecule has 0 aliphatic heterocycles. The summed E-state index contributed by atoms with van der Waals surface area (Å²) in [5.74, 6) is -0.176. The molecule has 4 nitrogen and oxygen atoms in total. The molecule has 5 heteroatoms. The summed E-state index contributed by atoms with van der Waals surface area (Å²) >= 11 is 1.48. The van der Waals surface area contributed by atoms with Crippen LogP contribution in [0, 0.1) is 20.8 Å². The van der Waals surface area contributed by atoms with E-state index in [1.807, 2.05) is 63.2 Å². The Morgan fingerprint density at radius 1 is 1.04 bits per heavy atom. The zero-order valence-corrected chi connectivity index (χ0v) is 15.1. The van der Waals surface area contributed by atoms with Crippen LogP contribution in [0.4, 0.5) is 5.13 Å². The first-order chi connectivity index (χ1) is 12.0. The molecule has 124 valence electrons. The van der Waals surface area contributed by atoms with Crippen molar-refractivity contribution in [1.82, 2.24) is 9.97 Å². The van der Waals surface area contributed by atoms with Gasteiger partial charge in [-0.1, -0.05) is 35.1 Å². The van der Waals surface area contributed by atoms with Gasteiger partial charge in [-0.2, -0.15) is 0 Å². The van der Waals surface area contributed by atoms with Crippen LogP contribution < -0.4 is 5.32 Å². The Morgan fingerprint density at radius 3 is 2.68 bits per heavy atom. The summed E-state index contributed by atoms with van der Waals surface area (Å²) in [5.41, 5.74) is 5.38. The molecule has 0 spiro atoms. The lowest BCUT2D eigenvalue weighted by Crippen LogP contribution is -2.14. The van der Waals surface area contributed by atoms with Crippen LogP contribution in [0.15, 0.2) is 42.5 Å². The van der Waals surface area contributed by atoms with Crippen LogP contribution in [0.1, 0.15) is 27.2 Å². The van der Waals surface area contributed by atoms with E-state index in [4.69, 9.17) is 0 Å². The van der Waals surface area contributed by atoms with Crippen molar-refractivity contribution in [1.29, 1.82) is 0 Å². The van der Waals surface area contributed by atoms with Gasteiger partial charge in [0, 0.05) is 5.39 Å².